The molecule has 4 rings (SSSR count). The normalized spacial score (nSPS) is 14.3. The van der Waals surface area contributed by atoms with Crippen LogP contribution in [-0.2, 0) is 0 Å². The molecule has 0 unspecified atom stereocenters. The molecule has 1 fully saturated rings. The third-order valence-electron chi connectivity index (χ3n) is 4.51. The van der Waals surface area contributed by atoms with E-state index < -0.39 is 0 Å². The van der Waals surface area contributed by atoms with Crippen molar-refractivity contribution in [2.45, 2.75) is 19.8 Å². The molecule has 0 spiro atoms. The van der Waals surface area contributed by atoms with Crippen LogP contribution >= 0.6 is 11.6 Å². The second kappa shape index (κ2) is 6.57. The number of hydrogen-bond acceptors (Lipinski definition) is 4. The van der Waals surface area contributed by atoms with Gasteiger partial charge in [-0.2, -0.15) is 4.98 Å². The fraction of sp³-hybridized carbons (Fsp3) is 0.250. The number of halogens is 1. The molecule has 26 heavy (non-hydrogen) atoms. The van der Waals surface area contributed by atoms with Gasteiger partial charge in [0.2, 0.25) is 11.7 Å². The maximum Gasteiger partial charge on any atom is 0.253 e. The smallest absolute Gasteiger partial charge is 0.253 e. The van der Waals surface area contributed by atoms with Crippen LogP contribution in [0.4, 0.5) is 0 Å². The lowest BCUT2D eigenvalue weighted by Crippen LogP contribution is -2.48. The fourth-order valence-electron chi connectivity index (χ4n) is 3.23. The Balaban J connectivity index is 1.44. The standard InChI is InChI=1S/C20H18ClN3O2/c1-12-6-13(2)8-15(7-12)20(25)24-10-16(11-24)19-22-18(23-26-19)14-4-3-5-17(21)9-14/h3-9,16H,10-11H2,1-2H3. The lowest BCUT2D eigenvalue weighted by Gasteiger charge is -2.37. The van der Waals surface area contributed by atoms with Gasteiger partial charge in [-0.25, -0.2) is 0 Å². The lowest BCUT2D eigenvalue weighted by atomic mass is 9.97. The first kappa shape index (κ1) is 16.8. The van der Waals surface area contributed by atoms with Crippen molar-refractivity contribution in [3.8, 4) is 11.4 Å². The third-order valence-corrected chi connectivity index (χ3v) is 4.75. The number of nitrogens with zero attached hydrogens (tertiary/aromatic N) is 3. The van der Waals surface area contributed by atoms with Gasteiger partial charge in [0.25, 0.3) is 5.91 Å². The van der Waals surface area contributed by atoms with Gasteiger partial charge in [-0.1, -0.05) is 46.1 Å². The van der Waals surface area contributed by atoms with Crippen LogP contribution < -0.4 is 0 Å². The number of benzene rings is 2. The first-order chi connectivity index (χ1) is 12.5. The maximum atomic E-state index is 12.6. The molecule has 0 aliphatic carbocycles. The van der Waals surface area contributed by atoms with Crippen LogP contribution in [0.3, 0.4) is 0 Å². The minimum Gasteiger partial charge on any atom is -0.339 e. The molecule has 0 radical (unpaired) electrons. The summed E-state index contributed by atoms with van der Waals surface area (Å²) in [7, 11) is 0. The van der Waals surface area contributed by atoms with Gasteiger partial charge in [0.1, 0.15) is 0 Å². The predicted molar refractivity (Wildman–Crippen MR) is 99.3 cm³/mol. The molecule has 1 aromatic heterocycles. The van der Waals surface area contributed by atoms with Crippen molar-refractivity contribution in [3.63, 3.8) is 0 Å². The van der Waals surface area contributed by atoms with Crippen molar-refractivity contribution in [1.82, 2.24) is 15.0 Å². The predicted octanol–water partition coefficient (Wildman–Crippen LogP) is 4.25. The van der Waals surface area contributed by atoms with Gasteiger partial charge in [-0.3, -0.25) is 4.79 Å². The van der Waals surface area contributed by atoms with E-state index in [4.69, 9.17) is 16.1 Å². The van der Waals surface area contributed by atoms with Crippen molar-refractivity contribution in [2.75, 3.05) is 13.1 Å². The average molecular weight is 368 g/mol. The van der Waals surface area contributed by atoms with Crippen molar-refractivity contribution < 1.29 is 9.32 Å². The molecule has 0 saturated carbocycles. The van der Waals surface area contributed by atoms with Crippen LogP contribution in [0.1, 0.15) is 33.3 Å². The highest BCUT2D eigenvalue weighted by Gasteiger charge is 2.36. The molecule has 1 aliphatic rings. The highest BCUT2D eigenvalue weighted by molar-refractivity contribution is 6.30. The number of carbonyl (C=O) groups is 1. The summed E-state index contributed by atoms with van der Waals surface area (Å²) in [6.45, 7) is 5.17. The SMILES string of the molecule is Cc1cc(C)cc(C(=O)N2CC(c3nc(-c4cccc(Cl)c4)no3)C2)c1. The zero-order valence-corrected chi connectivity index (χ0v) is 15.3. The number of hydrogen-bond donors (Lipinski definition) is 0. The Hall–Kier alpha value is -2.66. The van der Waals surface area contributed by atoms with Gasteiger partial charge in [0.15, 0.2) is 0 Å². The molecule has 1 saturated heterocycles. The highest BCUT2D eigenvalue weighted by atomic mass is 35.5. The van der Waals surface area contributed by atoms with Crippen molar-refractivity contribution in [1.29, 1.82) is 0 Å². The van der Waals surface area contributed by atoms with E-state index in [1.165, 1.54) is 0 Å². The van der Waals surface area contributed by atoms with E-state index in [0.29, 0.717) is 29.8 Å². The highest BCUT2D eigenvalue weighted by Crippen LogP contribution is 2.29. The van der Waals surface area contributed by atoms with Crippen LogP contribution in [0.2, 0.25) is 5.02 Å². The van der Waals surface area contributed by atoms with Crippen molar-refractivity contribution >= 4 is 17.5 Å². The van der Waals surface area contributed by atoms with E-state index >= 15 is 0 Å². The summed E-state index contributed by atoms with van der Waals surface area (Å²) in [5.74, 6) is 1.19. The summed E-state index contributed by atoms with van der Waals surface area (Å²) in [5, 5.41) is 4.66. The Morgan fingerprint density at radius 3 is 2.58 bits per heavy atom. The molecule has 3 aromatic rings. The van der Waals surface area contributed by atoms with Crippen LogP contribution in [0.25, 0.3) is 11.4 Å². The Morgan fingerprint density at radius 2 is 1.88 bits per heavy atom. The van der Waals surface area contributed by atoms with E-state index in [-0.39, 0.29) is 11.8 Å². The van der Waals surface area contributed by atoms with Crippen molar-refractivity contribution in [2.24, 2.45) is 0 Å². The van der Waals surface area contributed by atoms with E-state index in [2.05, 4.69) is 16.2 Å². The molecular formula is C20H18ClN3O2. The summed E-state index contributed by atoms with van der Waals surface area (Å²) in [5.41, 5.74) is 3.73. The molecule has 6 heteroatoms. The minimum atomic E-state index is 0.0441. The van der Waals surface area contributed by atoms with Crippen LogP contribution in [-0.4, -0.2) is 34.0 Å². The summed E-state index contributed by atoms with van der Waals surface area (Å²) in [6.07, 6.45) is 0. The van der Waals surface area contributed by atoms with E-state index in [9.17, 15) is 4.79 Å². The van der Waals surface area contributed by atoms with Gasteiger partial charge in [0.05, 0.1) is 5.92 Å². The van der Waals surface area contributed by atoms with Crippen LogP contribution in [0, 0.1) is 13.8 Å². The molecule has 5 nitrogen and oxygen atoms in total. The minimum absolute atomic E-state index is 0.0441. The molecule has 1 amide bonds. The van der Waals surface area contributed by atoms with Gasteiger partial charge in [-0.05, 0) is 38.1 Å². The topological polar surface area (TPSA) is 59.2 Å². The zero-order chi connectivity index (χ0) is 18.3. The number of aryl methyl sites for hydroxylation is 2. The lowest BCUT2D eigenvalue weighted by molar-refractivity contribution is 0.0569. The first-order valence-corrected chi connectivity index (χ1v) is 8.84. The summed E-state index contributed by atoms with van der Waals surface area (Å²) in [6, 6.07) is 13.2. The number of rotatable bonds is 3. The monoisotopic (exact) mass is 367 g/mol. The molecule has 0 atom stereocenters. The second-order valence-electron chi connectivity index (χ2n) is 6.75. The number of likely N-dealkylation sites (tertiary alicyclic amines) is 1. The molecule has 0 bridgehead atoms. The third kappa shape index (κ3) is 3.22. The number of carbonyl (C=O) groups excluding carboxylic acids is 1. The second-order valence-corrected chi connectivity index (χ2v) is 7.19. The molecular weight excluding hydrogens is 350 g/mol. The van der Waals surface area contributed by atoms with E-state index in [1.807, 2.05) is 43.0 Å². The molecule has 0 N–H and O–H groups in total. The van der Waals surface area contributed by atoms with Crippen molar-refractivity contribution in [3.05, 3.63) is 70.1 Å². The Kier molecular flexibility index (Phi) is 4.24. The van der Waals surface area contributed by atoms with Crippen LogP contribution in [0.15, 0.2) is 47.0 Å². The Bertz CT molecular complexity index is 956. The van der Waals surface area contributed by atoms with Gasteiger partial charge in [-0.15, -0.1) is 0 Å². The Labute approximate surface area is 156 Å². The molecule has 1 aliphatic heterocycles. The van der Waals surface area contributed by atoms with E-state index in [0.717, 1.165) is 22.3 Å². The first-order valence-electron chi connectivity index (χ1n) is 8.47. The number of amides is 1. The quantitative estimate of drug-likeness (QED) is 0.694. The summed E-state index contributed by atoms with van der Waals surface area (Å²) in [4.78, 5) is 18.9. The van der Waals surface area contributed by atoms with E-state index in [1.54, 1.807) is 12.1 Å². The summed E-state index contributed by atoms with van der Waals surface area (Å²) >= 11 is 6.01. The molecule has 132 valence electrons. The molecule has 2 heterocycles. The van der Waals surface area contributed by atoms with Gasteiger partial charge in [0, 0.05) is 29.2 Å². The van der Waals surface area contributed by atoms with Crippen LogP contribution in [0.5, 0.6) is 0 Å². The Morgan fingerprint density at radius 1 is 1.15 bits per heavy atom. The van der Waals surface area contributed by atoms with Gasteiger partial charge < -0.3 is 9.42 Å². The largest absolute Gasteiger partial charge is 0.339 e. The molecule has 2 aromatic carbocycles. The van der Waals surface area contributed by atoms with Gasteiger partial charge >= 0.3 is 0 Å². The zero-order valence-electron chi connectivity index (χ0n) is 14.6. The fourth-order valence-corrected chi connectivity index (χ4v) is 3.42. The number of aromatic nitrogens is 2. The maximum absolute atomic E-state index is 12.6. The summed E-state index contributed by atoms with van der Waals surface area (Å²) < 4.78 is 5.39. The average Bonchev–Trinajstić information content (AvgIpc) is 3.02.